The summed E-state index contributed by atoms with van der Waals surface area (Å²) in [5.74, 6) is 0.449. The summed E-state index contributed by atoms with van der Waals surface area (Å²) in [6, 6.07) is 3.86. The quantitative estimate of drug-likeness (QED) is 0.706. The van der Waals surface area contributed by atoms with Crippen LogP contribution in [-0.4, -0.2) is 9.97 Å². The third-order valence-corrected chi connectivity index (χ3v) is 1.90. The van der Waals surface area contributed by atoms with Crippen LogP contribution in [0.5, 0.6) is 0 Å². The SMILES string of the molecule is CC(C)c1ccc(C(N)=S)cn1. The number of pyridine rings is 1. The Labute approximate surface area is 77.8 Å². The lowest BCUT2D eigenvalue weighted by Gasteiger charge is -2.04. The van der Waals surface area contributed by atoms with E-state index < -0.39 is 0 Å². The molecular weight excluding hydrogens is 168 g/mol. The average molecular weight is 180 g/mol. The third kappa shape index (κ3) is 2.01. The lowest BCUT2D eigenvalue weighted by atomic mass is 10.1. The summed E-state index contributed by atoms with van der Waals surface area (Å²) in [6.45, 7) is 4.20. The summed E-state index contributed by atoms with van der Waals surface area (Å²) < 4.78 is 0. The molecule has 0 aromatic carbocycles. The van der Waals surface area contributed by atoms with Gasteiger partial charge in [-0.05, 0) is 18.1 Å². The summed E-state index contributed by atoms with van der Waals surface area (Å²) in [5, 5.41) is 0. The number of thiocarbonyl (C=S) groups is 1. The molecule has 0 aliphatic carbocycles. The van der Waals surface area contributed by atoms with Crippen LogP contribution in [-0.2, 0) is 0 Å². The Balaban J connectivity index is 2.93. The fourth-order valence-corrected chi connectivity index (χ4v) is 1.01. The minimum Gasteiger partial charge on any atom is -0.389 e. The summed E-state index contributed by atoms with van der Waals surface area (Å²) >= 11 is 4.81. The smallest absolute Gasteiger partial charge is 0.105 e. The van der Waals surface area contributed by atoms with Gasteiger partial charge in [-0.3, -0.25) is 4.98 Å². The van der Waals surface area contributed by atoms with Crippen LogP contribution in [0.15, 0.2) is 18.3 Å². The normalized spacial score (nSPS) is 10.2. The molecule has 1 aromatic rings. The van der Waals surface area contributed by atoms with Gasteiger partial charge in [-0.25, -0.2) is 0 Å². The van der Waals surface area contributed by atoms with Crippen LogP contribution in [0.25, 0.3) is 0 Å². The molecule has 0 aliphatic heterocycles. The van der Waals surface area contributed by atoms with Gasteiger partial charge in [-0.2, -0.15) is 0 Å². The van der Waals surface area contributed by atoms with E-state index in [-0.39, 0.29) is 0 Å². The van der Waals surface area contributed by atoms with Gasteiger partial charge in [0.25, 0.3) is 0 Å². The van der Waals surface area contributed by atoms with Crippen LogP contribution in [0.2, 0.25) is 0 Å². The van der Waals surface area contributed by atoms with Crippen LogP contribution in [0.1, 0.15) is 31.0 Å². The summed E-state index contributed by atoms with van der Waals surface area (Å²) in [5.41, 5.74) is 7.32. The highest BCUT2D eigenvalue weighted by Crippen LogP contribution is 2.10. The summed E-state index contributed by atoms with van der Waals surface area (Å²) in [7, 11) is 0. The molecule has 0 atom stereocenters. The van der Waals surface area contributed by atoms with E-state index >= 15 is 0 Å². The molecule has 0 aliphatic rings. The molecule has 0 saturated heterocycles. The lowest BCUT2D eigenvalue weighted by Crippen LogP contribution is -2.09. The fourth-order valence-electron chi connectivity index (χ4n) is 0.893. The molecule has 0 spiro atoms. The molecular formula is C9H12N2S. The zero-order valence-corrected chi connectivity index (χ0v) is 8.06. The van der Waals surface area contributed by atoms with Crippen molar-refractivity contribution < 1.29 is 0 Å². The molecule has 64 valence electrons. The molecule has 0 saturated carbocycles. The molecule has 2 nitrogen and oxygen atoms in total. The van der Waals surface area contributed by atoms with Gasteiger partial charge < -0.3 is 5.73 Å². The van der Waals surface area contributed by atoms with Crippen molar-refractivity contribution in [2.75, 3.05) is 0 Å². The molecule has 2 N–H and O–H groups in total. The maximum Gasteiger partial charge on any atom is 0.105 e. The van der Waals surface area contributed by atoms with Crippen molar-refractivity contribution in [2.45, 2.75) is 19.8 Å². The van der Waals surface area contributed by atoms with Crippen LogP contribution in [0, 0.1) is 0 Å². The number of rotatable bonds is 2. The summed E-state index contributed by atoms with van der Waals surface area (Å²) in [4.78, 5) is 4.63. The third-order valence-electron chi connectivity index (χ3n) is 1.66. The molecule has 0 amide bonds. The van der Waals surface area contributed by atoms with Gasteiger partial charge in [0.05, 0.1) is 0 Å². The van der Waals surface area contributed by atoms with Gasteiger partial charge in [0, 0.05) is 17.5 Å². The van der Waals surface area contributed by atoms with Crippen LogP contribution < -0.4 is 5.73 Å². The molecule has 0 unspecified atom stereocenters. The molecule has 0 bridgehead atoms. The highest BCUT2D eigenvalue weighted by atomic mass is 32.1. The number of nitrogens with zero attached hydrogens (tertiary/aromatic N) is 1. The monoisotopic (exact) mass is 180 g/mol. The first-order chi connectivity index (χ1) is 5.61. The van der Waals surface area contributed by atoms with E-state index in [0.29, 0.717) is 10.9 Å². The van der Waals surface area contributed by atoms with Gasteiger partial charge >= 0.3 is 0 Å². The van der Waals surface area contributed by atoms with Gasteiger partial charge in [0.1, 0.15) is 4.99 Å². The Hall–Kier alpha value is -0.960. The number of hydrogen-bond donors (Lipinski definition) is 1. The van der Waals surface area contributed by atoms with E-state index in [4.69, 9.17) is 18.0 Å². The Bertz CT molecular complexity index is 277. The Morgan fingerprint density at radius 2 is 2.17 bits per heavy atom. The van der Waals surface area contributed by atoms with Crippen LogP contribution in [0.3, 0.4) is 0 Å². The van der Waals surface area contributed by atoms with Gasteiger partial charge in [0.15, 0.2) is 0 Å². The standard InChI is InChI=1S/C9H12N2S/c1-6(2)8-4-3-7(5-11-8)9(10)12/h3-6H,1-2H3,(H2,10,12). The van der Waals surface area contributed by atoms with Gasteiger partial charge in [-0.15, -0.1) is 0 Å². The molecule has 1 aromatic heterocycles. The van der Waals surface area contributed by atoms with Crippen molar-refractivity contribution in [1.82, 2.24) is 4.98 Å². The maximum atomic E-state index is 5.43. The van der Waals surface area contributed by atoms with Gasteiger partial charge in [0.2, 0.25) is 0 Å². The maximum absolute atomic E-state index is 5.43. The van der Waals surface area contributed by atoms with Crippen molar-refractivity contribution in [3.63, 3.8) is 0 Å². The topological polar surface area (TPSA) is 38.9 Å². The van der Waals surface area contributed by atoms with E-state index in [2.05, 4.69) is 18.8 Å². The second-order valence-electron chi connectivity index (χ2n) is 2.99. The predicted molar refractivity (Wildman–Crippen MR) is 54.2 cm³/mol. The Kier molecular flexibility index (Phi) is 2.76. The average Bonchev–Trinajstić information content (AvgIpc) is 2.04. The zero-order valence-electron chi connectivity index (χ0n) is 7.24. The molecule has 0 radical (unpaired) electrons. The first-order valence-electron chi connectivity index (χ1n) is 3.87. The Morgan fingerprint density at radius 3 is 2.50 bits per heavy atom. The fraction of sp³-hybridized carbons (Fsp3) is 0.333. The molecule has 1 heterocycles. The van der Waals surface area contributed by atoms with E-state index in [0.717, 1.165) is 11.3 Å². The van der Waals surface area contributed by atoms with E-state index in [1.165, 1.54) is 0 Å². The first kappa shape index (κ1) is 9.13. The van der Waals surface area contributed by atoms with E-state index in [1.54, 1.807) is 6.20 Å². The largest absolute Gasteiger partial charge is 0.389 e. The van der Waals surface area contributed by atoms with Crippen LogP contribution in [0.4, 0.5) is 0 Å². The minimum absolute atomic E-state index is 0.401. The van der Waals surface area contributed by atoms with Crippen molar-refractivity contribution in [3.8, 4) is 0 Å². The first-order valence-corrected chi connectivity index (χ1v) is 4.28. The number of aromatic nitrogens is 1. The van der Waals surface area contributed by atoms with Crippen molar-refractivity contribution >= 4 is 17.2 Å². The molecule has 3 heteroatoms. The number of hydrogen-bond acceptors (Lipinski definition) is 2. The second kappa shape index (κ2) is 3.63. The van der Waals surface area contributed by atoms with E-state index in [1.807, 2.05) is 12.1 Å². The number of nitrogens with two attached hydrogens (primary N) is 1. The Morgan fingerprint density at radius 1 is 1.50 bits per heavy atom. The highest BCUT2D eigenvalue weighted by molar-refractivity contribution is 7.80. The van der Waals surface area contributed by atoms with Crippen molar-refractivity contribution in [1.29, 1.82) is 0 Å². The van der Waals surface area contributed by atoms with E-state index in [9.17, 15) is 0 Å². The molecule has 12 heavy (non-hydrogen) atoms. The molecule has 0 fully saturated rings. The second-order valence-corrected chi connectivity index (χ2v) is 3.43. The van der Waals surface area contributed by atoms with Crippen molar-refractivity contribution in [3.05, 3.63) is 29.6 Å². The highest BCUT2D eigenvalue weighted by Gasteiger charge is 2.00. The van der Waals surface area contributed by atoms with Gasteiger partial charge in [-0.1, -0.05) is 26.1 Å². The predicted octanol–water partition coefficient (Wildman–Crippen LogP) is 1.84. The molecule has 1 rings (SSSR count). The summed E-state index contributed by atoms with van der Waals surface area (Å²) in [6.07, 6.45) is 1.72. The zero-order chi connectivity index (χ0) is 9.14. The minimum atomic E-state index is 0.401. The van der Waals surface area contributed by atoms with Crippen molar-refractivity contribution in [2.24, 2.45) is 5.73 Å². The van der Waals surface area contributed by atoms with Crippen LogP contribution >= 0.6 is 12.2 Å². The lowest BCUT2D eigenvalue weighted by molar-refractivity contribution is 0.822.